The predicted octanol–water partition coefficient (Wildman–Crippen LogP) is 0.110. The van der Waals surface area contributed by atoms with Crippen LogP contribution in [-0.4, -0.2) is 41.4 Å². The summed E-state index contributed by atoms with van der Waals surface area (Å²) in [7, 11) is 1.33. The van der Waals surface area contributed by atoms with Gasteiger partial charge in [0.2, 0.25) is 0 Å². The van der Waals surface area contributed by atoms with E-state index in [1.807, 2.05) is 6.92 Å². The van der Waals surface area contributed by atoms with Crippen LogP contribution in [-0.2, 0) is 9.53 Å². The van der Waals surface area contributed by atoms with Gasteiger partial charge in [0.05, 0.1) is 18.9 Å². The normalized spacial score (nSPS) is 9.76. The summed E-state index contributed by atoms with van der Waals surface area (Å²) in [6, 6.07) is 1.67. The summed E-state index contributed by atoms with van der Waals surface area (Å²) < 4.78 is 4.61. The molecule has 0 aliphatic rings. The lowest BCUT2D eigenvalue weighted by molar-refractivity contribution is -0.138. The van der Waals surface area contributed by atoms with E-state index in [2.05, 4.69) is 14.9 Å². The first kappa shape index (κ1) is 13.3. The molecule has 0 amide bonds. The van der Waals surface area contributed by atoms with E-state index in [-0.39, 0.29) is 17.5 Å². The van der Waals surface area contributed by atoms with Gasteiger partial charge in [-0.25, -0.2) is 0 Å². The van der Waals surface area contributed by atoms with Crippen LogP contribution in [0.5, 0.6) is 0 Å². The van der Waals surface area contributed by atoms with E-state index < -0.39 is 0 Å². The number of carbonyl (C=O) groups excluding carboxylic acids is 1. The van der Waals surface area contributed by atoms with Crippen LogP contribution in [0.1, 0.15) is 12.5 Å². The number of likely N-dealkylation sites (N-methyl/N-ethyl adjacent to an activating group) is 1. The Bertz CT molecular complexity index is 425. The average molecular weight is 254 g/mol. The van der Waals surface area contributed by atoms with Crippen LogP contribution < -0.4 is 10.6 Å². The number of hydrogen-bond donors (Lipinski definition) is 1. The van der Waals surface area contributed by atoms with Gasteiger partial charge >= 0.3 is 5.97 Å². The minimum Gasteiger partial charge on any atom is -0.468 e. The van der Waals surface area contributed by atoms with Crippen molar-refractivity contribution in [3.8, 4) is 0 Å². The van der Waals surface area contributed by atoms with Gasteiger partial charge in [-0.3, -0.25) is 4.79 Å². The highest BCUT2D eigenvalue weighted by Gasteiger charge is 2.16. The lowest BCUT2D eigenvalue weighted by atomic mass is 10.2. The third kappa shape index (κ3) is 3.35. The molecular formula is C10H14N4O2S. The number of nitrogens with two attached hydrogens (primary N) is 1. The van der Waals surface area contributed by atoms with Gasteiger partial charge in [-0.15, -0.1) is 5.10 Å². The fourth-order valence-electron chi connectivity index (χ4n) is 1.31. The predicted molar refractivity (Wildman–Crippen MR) is 67.8 cm³/mol. The van der Waals surface area contributed by atoms with E-state index in [1.54, 1.807) is 11.0 Å². The zero-order valence-corrected chi connectivity index (χ0v) is 10.5. The number of ether oxygens (including phenoxy) is 1. The molecule has 0 aliphatic heterocycles. The van der Waals surface area contributed by atoms with Crippen molar-refractivity contribution in [2.24, 2.45) is 5.73 Å². The van der Waals surface area contributed by atoms with E-state index in [9.17, 15) is 4.79 Å². The van der Waals surface area contributed by atoms with Crippen LogP contribution in [0.25, 0.3) is 0 Å². The molecule has 0 saturated heterocycles. The number of esters is 1. The molecule has 0 fully saturated rings. The lowest BCUT2D eigenvalue weighted by Crippen LogP contribution is -2.33. The highest BCUT2D eigenvalue weighted by molar-refractivity contribution is 7.80. The number of hydrogen-bond acceptors (Lipinski definition) is 6. The minimum atomic E-state index is -0.355. The second-order valence-corrected chi connectivity index (χ2v) is 3.66. The summed E-state index contributed by atoms with van der Waals surface area (Å²) in [5.41, 5.74) is 6.19. The fourth-order valence-corrected chi connectivity index (χ4v) is 1.47. The molecule has 6 nitrogen and oxygen atoms in total. The van der Waals surface area contributed by atoms with Crippen molar-refractivity contribution >= 4 is 29.0 Å². The Morgan fingerprint density at radius 3 is 2.88 bits per heavy atom. The molecule has 0 spiro atoms. The maximum Gasteiger partial charge on any atom is 0.325 e. The molecule has 0 radical (unpaired) electrons. The minimum absolute atomic E-state index is 0.0846. The number of nitrogens with zero attached hydrogens (tertiary/aromatic N) is 3. The number of thiocarbonyl (C=S) groups is 1. The van der Waals surface area contributed by atoms with Gasteiger partial charge < -0.3 is 15.4 Å². The molecule has 17 heavy (non-hydrogen) atoms. The van der Waals surface area contributed by atoms with Gasteiger partial charge in [-0.05, 0) is 13.0 Å². The summed E-state index contributed by atoms with van der Waals surface area (Å²) in [5, 5.41) is 7.73. The van der Waals surface area contributed by atoms with Gasteiger partial charge in [0, 0.05) is 6.54 Å². The van der Waals surface area contributed by atoms with Crippen LogP contribution >= 0.6 is 12.2 Å². The summed E-state index contributed by atoms with van der Waals surface area (Å²) in [4.78, 5) is 13.2. The first-order valence-corrected chi connectivity index (χ1v) is 5.44. The average Bonchev–Trinajstić information content (AvgIpc) is 2.35. The van der Waals surface area contributed by atoms with Crippen LogP contribution in [0.15, 0.2) is 12.3 Å². The zero-order valence-electron chi connectivity index (χ0n) is 9.71. The number of methoxy groups -OCH3 is 1. The molecule has 0 saturated carbocycles. The molecule has 2 N–H and O–H groups in total. The number of aromatic nitrogens is 2. The Kier molecular flexibility index (Phi) is 4.77. The molecule has 1 aromatic heterocycles. The summed E-state index contributed by atoms with van der Waals surface area (Å²) >= 11 is 4.93. The Balaban J connectivity index is 3.03. The molecule has 0 unspecified atom stereocenters. The van der Waals surface area contributed by atoms with E-state index in [1.165, 1.54) is 13.3 Å². The maximum atomic E-state index is 11.3. The molecular weight excluding hydrogens is 240 g/mol. The van der Waals surface area contributed by atoms with Crippen molar-refractivity contribution in [2.45, 2.75) is 6.92 Å². The van der Waals surface area contributed by atoms with E-state index in [0.717, 1.165) is 0 Å². The quantitative estimate of drug-likeness (QED) is 0.590. The van der Waals surface area contributed by atoms with Crippen LogP contribution in [0, 0.1) is 0 Å². The van der Waals surface area contributed by atoms with Gasteiger partial charge in [-0.2, -0.15) is 5.10 Å². The molecule has 1 rings (SSSR count). The second kappa shape index (κ2) is 6.09. The largest absolute Gasteiger partial charge is 0.468 e. The number of rotatable bonds is 5. The Labute approximate surface area is 105 Å². The van der Waals surface area contributed by atoms with Gasteiger partial charge in [-0.1, -0.05) is 12.2 Å². The summed E-state index contributed by atoms with van der Waals surface area (Å²) in [5.74, 6) is 0.138. The van der Waals surface area contributed by atoms with Crippen molar-refractivity contribution in [1.29, 1.82) is 0 Å². The molecule has 0 bridgehead atoms. The van der Waals surface area contributed by atoms with E-state index in [0.29, 0.717) is 17.9 Å². The zero-order chi connectivity index (χ0) is 12.8. The third-order valence-corrected chi connectivity index (χ3v) is 2.42. The van der Waals surface area contributed by atoms with Crippen molar-refractivity contribution in [2.75, 3.05) is 25.1 Å². The van der Waals surface area contributed by atoms with Gasteiger partial charge in [0.1, 0.15) is 11.5 Å². The number of anilines is 1. The van der Waals surface area contributed by atoms with E-state index >= 15 is 0 Å². The number of carbonyl (C=O) groups is 1. The molecule has 0 atom stereocenters. The molecule has 0 aromatic carbocycles. The smallest absolute Gasteiger partial charge is 0.325 e. The SMILES string of the molecule is CCN(CC(=O)OC)c1nnccc1C(N)=S. The second-order valence-electron chi connectivity index (χ2n) is 3.22. The highest BCUT2D eigenvalue weighted by atomic mass is 32.1. The summed E-state index contributed by atoms with van der Waals surface area (Å²) in [6.07, 6.45) is 1.50. The molecule has 1 aromatic rings. The topological polar surface area (TPSA) is 81.3 Å². The fraction of sp³-hybridized carbons (Fsp3) is 0.400. The van der Waals surface area contributed by atoms with Crippen molar-refractivity contribution in [3.05, 3.63) is 17.8 Å². The Morgan fingerprint density at radius 1 is 1.65 bits per heavy atom. The first-order valence-electron chi connectivity index (χ1n) is 5.03. The molecule has 7 heteroatoms. The Morgan fingerprint density at radius 2 is 2.35 bits per heavy atom. The highest BCUT2D eigenvalue weighted by Crippen LogP contribution is 2.15. The van der Waals surface area contributed by atoms with Gasteiger partial charge in [0.25, 0.3) is 0 Å². The molecule has 1 heterocycles. The lowest BCUT2D eigenvalue weighted by Gasteiger charge is -2.21. The maximum absolute atomic E-state index is 11.3. The standard InChI is InChI=1S/C10H14N4O2S/c1-3-14(6-8(15)16-2)10-7(9(11)17)4-5-12-13-10/h4-5H,3,6H2,1-2H3,(H2,11,17). The van der Waals surface area contributed by atoms with E-state index in [4.69, 9.17) is 18.0 Å². The van der Waals surface area contributed by atoms with Crippen LogP contribution in [0.3, 0.4) is 0 Å². The molecule has 92 valence electrons. The molecule has 0 aliphatic carbocycles. The third-order valence-electron chi connectivity index (χ3n) is 2.20. The monoisotopic (exact) mass is 254 g/mol. The Hall–Kier alpha value is -1.76. The van der Waals surface area contributed by atoms with Crippen molar-refractivity contribution < 1.29 is 9.53 Å². The van der Waals surface area contributed by atoms with Crippen molar-refractivity contribution in [3.63, 3.8) is 0 Å². The van der Waals surface area contributed by atoms with Crippen LogP contribution in [0.2, 0.25) is 0 Å². The van der Waals surface area contributed by atoms with Gasteiger partial charge in [0.15, 0.2) is 5.82 Å². The first-order chi connectivity index (χ1) is 8.10. The van der Waals surface area contributed by atoms with Crippen molar-refractivity contribution in [1.82, 2.24) is 10.2 Å². The van der Waals surface area contributed by atoms with Crippen LogP contribution in [0.4, 0.5) is 5.82 Å². The summed E-state index contributed by atoms with van der Waals surface area (Å²) in [6.45, 7) is 2.55.